The van der Waals surface area contributed by atoms with E-state index in [0.717, 1.165) is 32.4 Å². The molecule has 1 atom stereocenters. The Hall–Kier alpha value is -1.06. The molecule has 2 N–H and O–H groups in total. The molecule has 1 unspecified atom stereocenters. The third kappa shape index (κ3) is 2.49. The fourth-order valence-corrected chi connectivity index (χ4v) is 3.02. The SMILES string of the molecule is Cl.NCC1CCN(C(=O)C2(c3ccccc3)CC2)C1. The maximum absolute atomic E-state index is 12.7. The topological polar surface area (TPSA) is 46.3 Å². The number of likely N-dealkylation sites (tertiary alicyclic amines) is 1. The molecule has 2 aliphatic rings. The fourth-order valence-electron chi connectivity index (χ4n) is 3.02. The van der Waals surface area contributed by atoms with Gasteiger partial charge in [-0.3, -0.25) is 4.79 Å². The van der Waals surface area contributed by atoms with Crippen LogP contribution < -0.4 is 5.73 Å². The van der Waals surface area contributed by atoms with Crippen molar-refractivity contribution in [3.63, 3.8) is 0 Å². The Bertz CT molecular complexity index is 445. The summed E-state index contributed by atoms with van der Waals surface area (Å²) in [6.45, 7) is 2.43. The quantitative estimate of drug-likeness (QED) is 0.920. The van der Waals surface area contributed by atoms with E-state index in [4.69, 9.17) is 5.73 Å². The zero-order valence-corrected chi connectivity index (χ0v) is 11.9. The highest BCUT2D eigenvalue weighted by Gasteiger charge is 2.53. The standard InChI is InChI=1S/C15H20N2O.ClH/c16-10-12-6-9-17(11-12)14(18)15(7-8-15)13-4-2-1-3-5-13;/h1-5,12H,6-11,16H2;1H. The first-order valence-corrected chi connectivity index (χ1v) is 6.81. The molecule has 1 aliphatic carbocycles. The van der Waals surface area contributed by atoms with Crippen LogP contribution >= 0.6 is 12.4 Å². The van der Waals surface area contributed by atoms with E-state index in [1.165, 1.54) is 5.56 Å². The Morgan fingerprint density at radius 1 is 1.32 bits per heavy atom. The second kappa shape index (κ2) is 5.51. The maximum Gasteiger partial charge on any atom is 0.233 e. The fraction of sp³-hybridized carbons (Fsp3) is 0.533. The molecule has 3 nitrogen and oxygen atoms in total. The van der Waals surface area contributed by atoms with Crippen molar-refractivity contribution in [3.05, 3.63) is 35.9 Å². The molecule has 1 saturated carbocycles. The van der Waals surface area contributed by atoms with E-state index in [0.29, 0.717) is 18.4 Å². The molecular weight excluding hydrogens is 260 g/mol. The van der Waals surface area contributed by atoms with E-state index in [2.05, 4.69) is 12.1 Å². The molecule has 1 saturated heterocycles. The minimum absolute atomic E-state index is 0. The van der Waals surface area contributed by atoms with Crippen molar-refractivity contribution >= 4 is 18.3 Å². The van der Waals surface area contributed by atoms with Crippen LogP contribution in [0.3, 0.4) is 0 Å². The highest BCUT2D eigenvalue weighted by molar-refractivity contribution is 5.91. The average molecular weight is 281 g/mol. The van der Waals surface area contributed by atoms with Gasteiger partial charge in [-0.1, -0.05) is 30.3 Å². The smallest absolute Gasteiger partial charge is 0.233 e. The molecule has 0 aromatic heterocycles. The second-order valence-electron chi connectivity index (χ2n) is 5.59. The van der Waals surface area contributed by atoms with Crippen LogP contribution in [0.4, 0.5) is 0 Å². The Morgan fingerprint density at radius 2 is 2.00 bits per heavy atom. The Kier molecular flexibility index (Phi) is 4.16. The van der Waals surface area contributed by atoms with Crippen molar-refractivity contribution < 1.29 is 4.79 Å². The normalized spacial score (nSPS) is 23.8. The molecular formula is C15H21ClN2O. The van der Waals surface area contributed by atoms with Gasteiger partial charge in [0, 0.05) is 13.1 Å². The van der Waals surface area contributed by atoms with Gasteiger partial charge in [0.2, 0.25) is 5.91 Å². The molecule has 1 heterocycles. The van der Waals surface area contributed by atoms with Crippen molar-refractivity contribution in [2.45, 2.75) is 24.7 Å². The summed E-state index contributed by atoms with van der Waals surface area (Å²) in [5, 5.41) is 0. The van der Waals surface area contributed by atoms with Crippen LogP contribution in [0.1, 0.15) is 24.8 Å². The number of halogens is 1. The highest BCUT2D eigenvalue weighted by atomic mass is 35.5. The molecule has 0 radical (unpaired) electrons. The van der Waals surface area contributed by atoms with Crippen molar-refractivity contribution in [3.8, 4) is 0 Å². The van der Waals surface area contributed by atoms with Crippen LogP contribution in [-0.4, -0.2) is 30.4 Å². The average Bonchev–Trinajstić information content (AvgIpc) is 3.10. The minimum atomic E-state index is -0.204. The Balaban J connectivity index is 0.00000133. The molecule has 19 heavy (non-hydrogen) atoms. The van der Waals surface area contributed by atoms with Gasteiger partial charge in [-0.05, 0) is 37.3 Å². The van der Waals surface area contributed by atoms with Gasteiger partial charge in [0.05, 0.1) is 5.41 Å². The number of hydrogen-bond donors (Lipinski definition) is 1. The maximum atomic E-state index is 12.7. The van der Waals surface area contributed by atoms with Gasteiger partial charge in [0.25, 0.3) is 0 Å². The summed E-state index contributed by atoms with van der Waals surface area (Å²) in [6, 6.07) is 10.2. The highest BCUT2D eigenvalue weighted by Crippen LogP contribution is 2.50. The number of rotatable bonds is 3. The number of nitrogens with two attached hydrogens (primary N) is 1. The summed E-state index contributed by atoms with van der Waals surface area (Å²) in [4.78, 5) is 14.7. The van der Waals surface area contributed by atoms with Crippen LogP contribution in [-0.2, 0) is 10.2 Å². The summed E-state index contributed by atoms with van der Waals surface area (Å²) in [5.74, 6) is 0.824. The zero-order valence-electron chi connectivity index (χ0n) is 11.0. The summed E-state index contributed by atoms with van der Waals surface area (Å²) in [7, 11) is 0. The van der Waals surface area contributed by atoms with Gasteiger partial charge in [0.15, 0.2) is 0 Å². The summed E-state index contributed by atoms with van der Waals surface area (Å²) in [5.41, 5.74) is 6.68. The van der Waals surface area contributed by atoms with Gasteiger partial charge in [0.1, 0.15) is 0 Å². The summed E-state index contributed by atoms with van der Waals surface area (Å²) >= 11 is 0. The number of nitrogens with zero attached hydrogens (tertiary/aromatic N) is 1. The molecule has 3 rings (SSSR count). The van der Waals surface area contributed by atoms with Gasteiger partial charge >= 0.3 is 0 Å². The zero-order chi connectivity index (χ0) is 12.6. The van der Waals surface area contributed by atoms with E-state index in [1.54, 1.807) is 0 Å². The van der Waals surface area contributed by atoms with Gasteiger partial charge in [-0.15, -0.1) is 12.4 Å². The molecule has 1 aliphatic heterocycles. The van der Waals surface area contributed by atoms with Crippen LogP contribution in [0.15, 0.2) is 30.3 Å². The molecule has 1 amide bonds. The monoisotopic (exact) mass is 280 g/mol. The largest absolute Gasteiger partial charge is 0.342 e. The lowest BCUT2D eigenvalue weighted by Gasteiger charge is -2.23. The van der Waals surface area contributed by atoms with Crippen LogP contribution in [0.2, 0.25) is 0 Å². The first-order valence-electron chi connectivity index (χ1n) is 6.81. The number of carbonyl (C=O) groups is 1. The van der Waals surface area contributed by atoms with E-state index < -0.39 is 0 Å². The predicted molar refractivity (Wildman–Crippen MR) is 78.3 cm³/mol. The number of amides is 1. The molecule has 104 valence electrons. The molecule has 0 bridgehead atoms. The first kappa shape index (κ1) is 14.4. The van der Waals surface area contributed by atoms with Crippen LogP contribution in [0, 0.1) is 5.92 Å². The van der Waals surface area contributed by atoms with Crippen LogP contribution in [0.25, 0.3) is 0 Å². The minimum Gasteiger partial charge on any atom is -0.342 e. The lowest BCUT2D eigenvalue weighted by atomic mass is 9.94. The molecule has 0 spiro atoms. The van der Waals surface area contributed by atoms with Gasteiger partial charge < -0.3 is 10.6 Å². The van der Waals surface area contributed by atoms with E-state index >= 15 is 0 Å². The first-order chi connectivity index (χ1) is 8.76. The number of benzene rings is 1. The number of hydrogen-bond acceptors (Lipinski definition) is 2. The second-order valence-corrected chi connectivity index (χ2v) is 5.59. The van der Waals surface area contributed by atoms with E-state index in [9.17, 15) is 4.79 Å². The number of carbonyl (C=O) groups excluding carboxylic acids is 1. The van der Waals surface area contributed by atoms with E-state index in [1.807, 2.05) is 23.1 Å². The lowest BCUT2D eigenvalue weighted by Crippen LogP contribution is -2.38. The van der Waals surface area contributed by atoms with Crippen molar-refractivity contribution in [1.29, 1.82) is 0 Å². The third-order valence-electron chi connectivity index (χ3n) is 4.39. The molecule has 4 heteroatoms. The predicted octanol–water partition coefficient (Wildman–Crippen LogP) is 1.95. The van der Waals surface area contributed by atoms with Crippen LogP contribution in [0.5, 0.6) is 0 Å². The van der Waals surface area contributed by atoms with E-state index in [-0.39, 0.29) is 17.8 Å². The summed E-state index contributed by atoms with van der Waals surface area (Å²) < 4.78 is 0. The van der Waals surface area contributed by atoms with Crippen molar-refractivity contribution in [2.24, 2.45) is 11.7 Å². The molecule has 1 aromatic rings. The van der Waals surface area contributed by atoms with Gasteiger partial charge in [-0.2, -0.15) is 0 Å². The molecule has 2 fully saturated rings. The van der Waals surface area contributed by atoms with Gasteiger partial charge in [-0.25, -0.2) is 0 Å². The lowest BCUT2D eigenvalue weighted by molar-refractivity contribution is -0.133. The Morgan fingerprint density at radius 3 is 2.53 bits per heavy atom. The Labute approximate surface area is 120 Å². The summed E-state index contributed by atoms with van der Waals surface area (Å²) in [6.07, 6.45) is 3.06. The third-order valence-corrected chi connectivity index (χ3v) is 4.39. The van der Waals surface area contributed by atoms with Crippen molar-refractivity contribution in [2.75, 3.05) is 19.6 Å². The molecule has 1 aromatic carbocycles. The van der Waals surface area contributed by atoms with Crippen molar-refractivity contribution in [1.82, 2.24) is 4.90 Å².